The van der Waals surface area contributed by atoms with Crippen LogP contribution in [0.2, 0.25) is 0 Å². The van der Waals surface area contributed by atoms with Gasteiger partial charge >= 0.3 is 0 Å². The monoisotopic (exact) mass is 344 g/mol. The zero-order valence-electron chi connectivity index (χ0n) is 13.0. The van der Waals surface area contributed by atoms with E-state index in [1.54, 1.807) is 15.6 Å². The Morgan fingerprint density at radius 1 is 1.36 bits per heavy atom. The molecule has 0 aliphatic carbocycles. The molecule has 1 aromatic rings. The molecule has 3 heterocycles. The SMILES string of the molecule is CCCS(=O)(=O)N1C[C@H]2CN(Cc3cccs3)CCO[C@H]2C1. The van der Waals surface area contributed by atoms with Gasteiger partial charge in [0.05, 0.1) is 18.5 Å². The minimum Gasteiger partial charge on any atom is -0.375 e. The van der Waals surface area contributed by atoms with E-state index in [1.165, 1.54) is 4.88 Å². The van der Waals surface area contributed by atoms with Crippen LogP contribution in [0.5, 0.6) is 0 Å². The van der Waals surface area contributed by atoms with E-state index in [1.807, 2.05) is 6.92 Å². The number of hydrogen-bond donors (Lipinski definition) is 0. The second-order valence-electron chi connectivity index (χ2n) is 6.12. The molecule has 124 valence electrons. The van der Waals surface area contributed by atoms with Crippen LogP contribution in [0.1, 0.15) is 18.2 Å². The molecule has 0 saturated carbocycles. The van der Waals surface area contributed by atoms with Crippen molar-refractivity contribution in [1.82, 2.24) is 9.21 Å². The quantitative estimate of drug-likeness (QED) is 0.814. The highest BCUT2D eigenvalue weighted by molar-refractivity contribution is 7.89. The fourth-order valence-electron chi connectivity index (χ4n) is 3.30. The van der Waals surface area contributed by atoms with Crippen molar-refractivity contribution < 1.29 is 13.2 Å². The van der Waals surface area contributed by atoms with Crippen LogP contribution in [-0.2, 0) is 21.3 Å². The molecule has 7 heteroatoms. The van der Waals surface area contributed by atoms with Crippen LogP contribution in [0.15, 0.2) is 17.5 Å². The van der Waals surface area contributed by atoms with Gasteiger partial charge in [0.25, 0.3) is 0 Å². The van der Waals surface area contributed by atoms with Crippen molar-refractivity contribution in [3.63, 3.8) is 0 Å². The lowest BCUT2D eigenvalue weighted by Gasteiger charge is -2.22. The van der Waals surface area contributed by atoms with Gasteiger partial charge in [-0.25, -0.2) is 8.42 Å². The fraction of sp³-hybridized carbons (Fsp3) is 0.733. The average molecular weight is 345 g/mol. The lowest BCUT2D eigenvalue weighted by molar-refractivity contribution is 0.0546. The van der Waals surface area contributed by atoms with Gasteiger partial charge in [0.2, 0.25) is 10.0 Å². The van der Waals surface area contributed by atoms with Crippen molar-refractivity contribution in [1.29, 1.82) is 0 Å². The summed E-state index contributed by atoms with van der Waals surface area (Å²) in [4.78, 5) is 3.75. The molecule has 0 N–H and O–H groups in total. The van der Waals surface area contributed by atoms with E-state index in [0.29, 0.717) is 26.1 Å². The molecule has 0 radical (unpaired) electrons. The van der Waals surface area contributed by atoms with Crippen LogP contribution >= 0.6 is 11.3 Å². The average Bonchev–Trinajstić information content (AvgIpc) is 3.06. The Morgan fingerprint density at radius 3 is 2.95 bits per heavy atom. The van der Waals surface area contributed by atoms with Gasteiger partial charge in [0.1, 0.15) is 0 Å². The Kier molecular flexibility index (Phi) is 5.19. The molecule has 2 aliphatic heterocycles. The summed E-state index contributed by atoms with van der Waals surface area (Å²) in [5.41, 5.74) is 0. The first-order valence-electron chi connectivity index (χ1n) is 7.92. The molecule has 0 amide bonds. The molecule has 1 aromatic heterocycles. The van der Waals surface area contributed by atoms with Gasteiger partial charge in [0, 0.05) is 43.5 Å². The van der Waals surface area contributed by atoms with Gasteiger partial charge in [-0.1, -0.05) is 13.0 Å². The van der Waals surface area contributed by atoms with Crippen molar-refractivity contribution >= 4 is 21.4 Å². The van der Waals surface area contributed by atoms with Crippen molar-refractivity contribution in [3.8, 4) is 0 Å². The molecule has 0 unspecified atom stereocenters. The summed E-state index contributed by atoms with van der Waals surface area (Å²) in [6.07, 6.45) is 0.722. The topological polar surface area (TPSA) is 49.9 Å². The normalized spacial score (nSPS) is 27.7. The third-order valence-corrected chi connectivity index (χ3v) is 7.26. The second-order valence-corrected chi connectivity index (χ2v) is 9.24. The van der Waals surface area contributed by atoms with E-state index in [0.717, 1.165) is 19.6 Å². The summed E-state index contributed by atoms with van der Waals surface area (Å²) < 4.78 is 32.1. The summed E-state index contributed by atoms with van der Waals surface area (Å²) in [6, 6.07) is 4.23. The molecular formula is C15H24N2O3S2. The van der Waals surface area contributed by atoms with Gasteiger partial charge in [-0.05, 0) is 17.9 Å². The fourth-order valence-corrected chi connectivity index (χ4v) is 5.62. The molecule has 0 aromatic carbocycles. The first-order valence-corrected chi connectivity index (χ1v) is 10.4. The lowest BCUT2D eigenvalue weighted by Crippen LogP contribution is -2.34. The van der Waals surface area contributed by atoms with Gasteiger partial charge in [0.15, 0.2) is 0 Å². The second kappa shape index (κ2) is 6.97. The molecule has 3 rings (SSSR count). The molecule has 22 heavy (non-hydrogen) atoms. The minimum absolute atomic E-state index is 0.0555. The third-order valence-electron chi connectivity index (χ3n) is 4.39. The number of rotatable bonds is 5. The number of sulfonamides is 1. The lowest BCUT2D eigenvalue weighted by atomic mass is 10.1. The molecule has 0 spiro atoms. The summed E-state index contributed by atoms with van der Waals surface area (Å²) in [7, 11) is -3.11. The maximum absolute atomic E-state index is 12.3. The predicted octanol–water partition coefficient (Wildman–Crippen LogP) is 1.62. The van der Waals surface area contributed by atoms with Crippen molar-refractivity contribution in [3.05, 3.63) is 22.4 Å². The zero-order valence-corrected chi connectivity index (χ0v) is 14.6. The highest BCUT2D eigenvalue weighted by Gasteiger charge is 2.40. The van der Waals surface area contributed by atoms with E-state index >= 15 is 0 Å². The third kappa shape index (κ3) is 3.71. The summed E-state index contributed by atoms with van der Waals surface area (Å²) in [5.74, 6) is 0.528. The molecular weight excluding hydrogens is 320 g/mol. The van der Waals surface area contributed by atoms with Gasteiger partial charge < -0.3 is 4.74 Å². The standard InChI is InChI=1S/C15H24N2O3S2/c1-2-8-22(18,19)17-10-13-9-16(5-6-20-15(13)12-17)11-14-4-3-7-21-14/h3-4,7,13,15H,2,5-6,8-12H2,1H3/t13-,15+/m1/s1. The number of thiophene rings is 1. The van der Waals surface area contributed by atoms with E-state index in [-0.39, 0.29) is 17.8 Å². The number of hydrogen-bond acceptors (Lipinski definition) is 5. The highest BCUT2D eigenvalue weighted by Crippen LogP contribution is 2.27. The van der Waals surface area contributed by atoms with Crippen molar-refractivity contribution in [2.75, 3.05) is 38.5 Å². The molecule has 2 aliphatic rings. The molecule has 2 atom stereocenters. The van der Waals surface area contributed by atoms with Gasteiger partial charge in [-0.15, -0.1) is 11.3 Å². The van der Waals surface area contributed by atoms with Gasteiger partial charge in [-0.3, -0.25) is 4.90 Å². The molecule has 2 fully saturated rings. The highest BCUT2D eigenvalue weighted by atomic mass is 32.2. The van der Waals surface area contributed by atoms with Crippen LogP contribution in [0.4, 0.5) is 0 Å². The Hall–Kier alpha value is -0.470. The Bertz CT molecular complexity index is 574. The van der Waals surface area contributed by atoms with Gasteiger partial charge in [-0.2, -0.15) is 4.31 Å². The molecule has 0 bridgehead atoms. The molecule has 5 nitrogen and oxygen atoms in total. The molecule has 2 saturated heterocycles. The first-order chi connectivity index (χ1) is 10.6. The van der Waals surface area contributed by atoms with Crippen molar-refractivity contribution in [2.45, 2.75) is 26.0 Å². The van der Waals surface area contributed by atoms with E-state index in [2.05, 4.69) is 22.4 Å². The van der Waals surface area contributed by atoms with E-state index < -0.39 is 10.0 Å². The maximum atomic E-state index is 12.3. The maximum Gasteiger partial charge on any atom is 0.214 e. The zero-order chi connectivity index (χ0) is 15.6. The summed E-state index contributed by atoms with van der Waals surface area (Å²) in [5, 5.41) is 2.10. The number of ether oxygens (including phenoxy) is 1. The largest absolute Gasteiger partial charge is 0.375 e. The van der Waals surface area contributed by atoms with Crippen molar-refractivity contribution in [2.24, 2.45) is 5.92 Å². The van der Waals surface area contributed by atoms with Crippen LogP contribution in [0, 0.1) is 5.92 Å². The van der Waals surface area contributed by atoms with Crippen LogP contribution in [0.3, 0.4) is 0 Å². The first kappa shape index (κ1) is 16.4. The van der Waals surface area contributed by atoms with Crippen LogP contribution < -0.4 is 0 Å². The smallest absolute Gasteiger partial charge is 0.214 e. The van der Waals surface area contributed by atoms with E-state index in [4.69, 9.17) is 4.74 Å². The Morgan fingerprint density at radius 2 is 2.23 bits per heavy atom. The van der Waals surface area contributed by atoms with Crippen LogP contribution in [0.25, 0.3) is 0 Å². The summed E-state index contributed by atoms with van der Waals surface area (Å²) in [6.45, 7) is 6.51. The van der Waals surface area contributed by atoms with Crippen LogP contribution in [-0.4, -0.2) is 62.3 Å². The number of fused-ring (bicyclic) bond motifs is 1. The minimum atomic E-state index is -3.11. The predicted molar refractivity (Wildman–Crippen MR) is 88.5 cm³/mol. The Balaban J connectivity index is 1.64. The Labute approximate surface area is 136 Å². The summed E-state index contributed by atoms with van der Waals surface area (Å²) >= 11 is 1.77. The van der Waals surface area contributed by atoms with E-state index in [9.17, 15) is 8.42 Å². The number of nitrogens with zero attached hydrogens (tertiary/aromatic N) is 2.